The standard InChI is InChI=1S/C16H31N3O2/c1-16(2,3)21-15(20)19-14(11-7-8-11)10-18-13-6-4-5-12(13)9-17/h11-14,18H,4-10,17H2,1-3H3,(H,19,20). The lowest BCUT2D eigenvalue weighted by Gasteiger charge is -2.26. The van der Waals surface area contributed by atoms with Gasteiger partial charge in [0.25, 0.3) is 0 Å². The molecule has 0 spiro atoms. The van der Waals surface area contributed by atoms with Crippen LogP contribution in [0.3, 0.4) is 0 Å². The minimum atomic E-state index is -0.443. The van der Waals surface area contributed by atoms with E-state index in [-0.39, 0.29) is 12.1 Å². The number of carbonyl (C=O) groups excluding carboxylic acids is 1. The fourth-order valence-electron chi connectivity index (χ4n) is 3.16. The summed E-state index contributed by atoms with van der Waals surface area (Å²) in [7, 11) is 0. The Morgan fingerprint density at radius 2 is 2.00 bits per heavy atom. The third kappa shape index (κ3) is 5.47. The molecule has 0 radical (unpaired) electrons. The largest absolute Gasteiger partial charge is 0.444 e. The molecule has 3 atom stereocenters. The summed E-state index contributed by atoms with van der Waals surface area (Å²) in [5.41, 5.74) is 5.38. The minimum Gasteiger partial charge on any atom is -0.444 e. The molecule has 2 aliphatic rings. The quantitative estimate of drug-likeness (QED) is 0.701. The van der Waals surface area contributed by atoms with Crippen LogP contribution in [0.15, 0.2) is 0 Å². The van der Waals surface area contributed by atoms with Crippen molar-refractivity contribution in [3.63, 3.8) is 0 Å². The van der Waals surface area contributed by atoms with Crippen LogP contribution >= 0.6 is 0 Å². The number of alkyl carbamates (subject to hydrolysis) is 1. The van der Waals surface area contributed by atoms with E-state index in [2.05, 4.69) is 10.6 Å². The summed E-state index contributed by atoms with van der Waals surface area (Å²) in [4.78, 5) is 11.9. The van der Waals surface area contributed by atoms with Gasteiger partial charge >= 0.3 is 6.09 Å². The molecule has 0 bridgehead atoms. The maximum Gasteiger partial charge on any atom is 0.407 e. The van der Waals surface area contributed by atoms with Crippen molar-refractivity contribution in [3.8, 4) is 0 Å². The first kappa shape index (κ1) is 16.6. The highest BCUT2D eigenvalue weighted by Crippen LogP contribution is 2.33. The molecule has 5 nitrogen and oxygen atoms in total. The molecule has 0 heterocycles. The highest BCUT2D eigenvalue weighted by molar-refractivity contribution is 5.68. The Labute approximate surface area is 128 Å². The first-order valence-corrected chi connectivity index (χ1v) is 8.32. The smallest absolute Gasteiger partial charge is 0.407 e. The molecule has 0 aromatic heterocycles. The van der Waals surface area contributed by atoms with Crippen molar-refractivity contribution in [2.24, 2.45) is 17.6 Å². The lowest BCUT2D eigenvalue weighted by atomic mass is 10.0. The normalized spacial score (nSPS) is 27.4. The van der Waals surface area contributed by atoms with E-state index in [4.69, 9.17) is 10.5 Å². The first-order chi connectivity index (χ1) is 9.89. The molecule has 5 heteroatoms. The van der Waals surface area contributed by atoms with Gasteiger partial charge < -0.3 is 21.1 Å². The van der Waals surface area contributed by atoms with Crippen molar-refractivity contribution in [1.29, 1.82) is 0 Å². The first-order valence-electron chi connectivity index (χ1n) is 8.32. The van der Waals surface area contributed by atoms with Crippen molar-refractivity contribution < 1.29 is 9.53 Å². The zero-order valence-electron chi connectivity index (χ0n) is 13.7. The van der Waals surface area contributed by atoms with E-state index >= 15 is 0 Å². The van der Waals surface area contributed by atoms with E-state index in [0.29, 0.717) is 17.9 Å². The van der Waals surface area contributed by atoms with Crippen LogP contribution in [0.4, 0.5) is 4.79 Å². The van der Waals surface area contributed by atoms with Gasteiger partial charge in [0, 0.05) is 18.6 Å². The molecule has 0 saturated heterocycles. The Hall–Kier alpha value is -0.810. The molecule has 3 unspecified atom stereocenters. The maximum absolute atomic E-state index is 11.9. The number of amides is 1. The summed E-state index contributed by atoms with van der Waals surface area (Å²) in [6.07, 6.45) is 5.78. The lowest BCUT2D eigenvalue weighted by molar-refractivity contribution is 0.0496. The van der Waals surface area contributed by atoms with Gasteiger partial charge in [0.1, 0.15) is 5.60 Å². The SMILES string of the molecule is CC(C)(C)OC(=O)NC(CNC1CCCC1CN)C1CC1. The average molecular weight is 297 g/mol. The van der Waals surface area contributed by atoms with Crippen LogP contribution in [-0.2, 0) is 4.74 Å². The molecule has 122 valence electrons. The number of ether oxygens (including phenoxy) is 1. The van der Waals surface area contributed by atoms with E-state index in [1.165, 1.54) is 32.1 Å². The third-order valence-electron chi connectivity index (χ3n) is 4.45. The number of hydrogen-bond donors (Lipinski definition) is 3. The van der Waals surface area contributed by atoms with E-state index in [1.54, 1.807) is 0 Å². The molecule has 0 aromatic carbocycles. The molecule has 2 saturated carbocycles. The number of hydrogen-bond acceptors (Lipinski definition) is 4. The predicted octanol–water partition coefficient (Wildman–Crippen LogP) is 2.01. The second-order valence-electron chi connectivity index (χ2n) is 7.53. The molecule has 4 N–H and O–H groups in total. The van der Waals surface area contributed by atoms with E-state index < -0.39 is 5.60 Å². The van der Waals surface area contributed by atoms with Crippen LogP contribution < -0.4 is 16.4 Å². The van der Waals surface area contributed by atoms with Crippen LogP contribution in [0, 0.1) is 11.8 Å². The fraction of sp³-hybridized carbons (Fsp3) is 0.938. The van der Waals surface area contributed by atoms with Crippen molar-refractivity contribution in [3.05, 3.63) is 0 Å². The summed E-state index contributed by atoms with van der Waals surface area (Å²) in [6.45, 7) is 7.25. The molecular weight excluding hydrogens is 266 g/mol. The number of nitrogens with one attached hydrogen (secondary N) is 2. The highest BCUT2D eigenvalue weighted by atomic mass is 16.6. The second-order valence-corrected chi connectivity index (χ2v) is 7.53. The van der Waals surface area contributed by atoms with Crippen LogP contribution in [0.5, 0.6) is 0 Å². The summed E-state index contributed by atoms with van der Waals surface area (Å²) < 4.78 is 5.36. The molecule has 2 aliphatic carbocycles. The Kier molecular flexibility index (Phi) is 5.49. The van der Waals surface area contributed by atoms with Crippen LogP contribution in [0.2, 0.25) is 0 Å². The minimum absolute atomic E-state index is 0.180. The molecule has 2 rings (SSSR count). The monoisotopic (exact) mass is 297 g/mol. The molecular formula is C16H31N3O2. The van der Waals surface area contributed by atoms with Gasteiger partial charge in [-0.15, -0.1) is 0 Å². The van der Waals surface area contributed by atoms with Gasteiger partial charge in [-0.25, -0.2) is 4.79 Å². The van der Waals surface area contributed by atoms with Crippen molar-refractivity contribution in [2.75, 3.05) is 13.1 Å². The number of rotatable bonds is 6. The van der Waals surface area contributed by atoms with Crippen LogP contribution in [0.25, 0.3) is 0 Å². The lowest BCUT2D eigenvalue weighted by Crippen LogP contribution is -2.48. The number of carbonyl (C=O) groups is 1. The van der Waals surface area contributed by atoms with E-state index in [9.17, 15) is 4.79 Å². The van der Waals surface area contributed by atoms with Crippen molar-refractivity contribution in [1.82, 2.24) is 10.6 Å². The van der Waals surface area contributed by atoms with Gasteiger partial charge in [0.2, 0.25) is 0 Å². The van der Waals surface area contributed by atoms with E-state index in [0.717, 1.165) is 13.1 Å². The summed E-state index contributed by atoms with van der Waals surface area (Å²) in [5.74, 6) is 1.19. The van der Waals surface area contributed by atoms with Gasteiger partial charge in [0.15, 0.2) is 0 Å². The zero-order valence-corrected chi connectivity index (χ0v) is 13.7. The predicted molar refractivity (Wildman–Crippen MR) is 84.1 cm³/mol. The molecule has 1 amide bonds. The summed E-state index contributed by atoms with van der Waals surface area (Å²) in [6, 6.07) is 0.690. The van der Waals surface area contributed by atoms with Crippen LogP contribution in [0.1, 0.15) is 52.9 Å². The summed E-state index contributed by atoms with van der Waals surface area (Å²) >= 11 is 0. The Morgan fingerprint density at radius 3 is 2.57 bits per heavy atom. The van der Waals surface area contributed by atoms with Crippen LogP contribution in [-0.4, -0.2) is 36.9 Å². The third-order valence-corrected chi connectivity index (χ3v) is 4.45. The van der Waals surface area contributed by atoms with Gasteiger partial charge in [0.05, 0.1) is 0 Å². The van der Waals surface area contributed by atoms with Gasteiger partial charge in [-0.3, -0.25) is 0 Å². The topological polar surface area (TPSA) is 76.4 Å². The maximum atomic E-state index is 11.9. The molecule has 21 heavy (non-hydrogen) atoms. The fourth-order valence-corrected chi connectivity index (χ4v) is 3.16. The van der Waals surface area contributed by atoms with Crippen molar-refractivity contribution >= 4 is 6.09 Å². The average Bonchev–Trinajstić information content (AvgIpc) is 3.11. The highest BCUT2D eigenvalue weighted by Gasteiger charge is 2.34. The zero-order chi connectivity index (χ0) is 15.5. The van der Waals surface area contributed by atoms with Crippen molar-refractivity contribution in [2.45, 2.75) is 70.6 Å². The van der Waals surface area contributed by atoms with Gasteiger partial charge in [-0.2, -0.15) is 0 Å². The van der Waals surface area contributed by atoms with Gasteiger partial charge in [-0.05, 0) is 64.8 Å². The Balaban J connectivity index is 1.78. The Morgan fingerprint density at radius 1 is 1.29 bits per heavy atom. The number of nitrogens with two attached hydrogens (primary N) is 1. The van der Waals surface area contributed by atoms with E-state index in [1.807, 2.05) is 20.8 Å². The van der Waals surface area contributed by atoms with Gasteiger partial charge in [-0.1, -0.05) is 6.42 Å². The molecule has 2 fully saturated rings. The molecule has 0 aromatic rings. The Bertz CT molecular complexity index is 350. The molecule has 0 aliphatic heterocycles. The summed E-state index contributed by atoms with van der Waals surface area (Å²) in [5, 5.41) is 6.66. The second kappa shape index (κ2) is 6.97.